The number of aromatic amines is 1. The second kappa shape index (κ2) is 10.3. The number of ether oxygens (including phenoxy) is 1. The number of nitrogens with zero attached hydrogens (tertiary/aromatic N) is 2. The van der Waals surface area contributed by atoms with E-state index in [1.807, 2.05) is 42.6 Å². The Bertz CT molecular complexity index is 1300. The highest BCUT2D eigenvalue weighted by Gasteiger charge is 2.12. The van der Waals surface area contributed by atoms with Crippen molar-refractivity contribution >= 4 is 46.0 Å². The van der Waals surface area contributed by atoms with E-state index >= 15 is 0 Å². The summed E-state index contributed by atoms with van der Waals surface area (Å²) in [6, 6.07) is 16.6. The fraction of sp³-hybridized carbons (Fsp3) is 0.259. The molecule has 5 rings (SSSR count). The van der Waals surface area contributed by atoms with Crippen molar-refractivity contribution in [1.29, 1.82) is 0 Å². The lowest BCUT2D eigenvalue weighted by Gasteiger charge is -2.26. The zero-order chi connectivity index (χ0) is 23.3. The van der Waals surface area contributed by atoms with Gasteiger partial charge < -0.3 is 10.1 Å². The van der Waals surface area contributed by atoms with Gasteiger partial charge in [0.05, 0.1) is 30.8 Å². The molecule has 34 heavy (non-hydrogen) atoms. The third-order valence-electron chi connectivity index (χ3n) is 6.02. The number of H-pyrrole nitrogens is 1. The maximum atomic E-state index is 12.5. The highest BCUT2D eigenvalue weighted by atomic mass is 32.1. The first-order valence-electron chi connectivity index (χ1n) is 11.5. The molecular weight excluding hydrogens is 444 g/mol. The molecule has 2 aromatic carbocycles. The van der Waals surface area contributed by atoms with Crippen molar-refractivity contribution in [2.75, 3.05) is 31.6 Å². The number of aryl methyl sites for hydroxylation is 1. The fourth-order valence-electron chi connectivity index (χ4n) is 4.21. The minimum absolute atomic E-state index is 0.0115. The molecule has 2 N–H and O–H groups in total. The number of benzene rings is 2. The van der Waals surface area contributed by atoms with Crippen LogP contribution >= 0.6 is 11.3 Å². The highest BCUT2D eigenvalue weighted by molar-refractivity contribution is 7.10. The van der Waals surface area contributed by atoms with E-state index in [2.05, 4.69) is 50.8 Å². The van der Waals surface area contributed by atoms with Crippen LogP contribution in [0.15, 0.2) is 53.9 Å². The van der Waals surface area contributed by atoms with Crippen LogP contribution in [0.25, 0.3) is 23.1 Å². The molecule has 1 amide bonds. The van der Waals surface area contributed by atoms with Crippen molar-refractivity contribution in [1.82, 2.24) is 15.1 Å². The molecule has 4 aromatic rings. The summed E-state index contributed by atoms with van der Waals surface area (Å²) >= 11 is 1.59. The summed E-state index contributed by atoms with van der Waals surface area (Å²) in [5, 5.41) is 13.7. The van der Waals surface area contributed by atoms with Crippen LogP contribution in [0.2, 0.25) is 0 Å². The van der Waals surface area contributed by atoms with E-state index in [0.29, 0.717) is 6.42 Å². The molecule has 174 valence electrons. The van der Waals surface area contributed by atoms with Gasteiger partial charge in [0, 0.05) is 35.6 Å². The first kappa shape index (κ1) is 22.5. The summed E-state index contributed by atoms with van der Waals surface area (Å²) in [7, 11) is 0. The van der Waals surface area contributed by atoms with Crippen LogP contribution in [0, 0.1) is 6.92 Å². The van der Waals surface area contributed by atoms with Crippen LogP contribution in [-0.4, -0.2) is 47.3 Å². The Morgan fingerprint density at radius 1 is 1.18 bits per heavy atom. The van der Waals surface area contributed by atoms with Gasteiger partial charge in [-0.05, 0) is 53.3 Å². The summed E-state index contributed by atoms with van der Waals surface area (Å²) < 4.78 is 5.45. The second-order valence-electron chi connectivity index (χ2n) is 8.59. The molecule has 1 saturated heterocycles. The first-order valence-corrected chi connectivity index (χ1v) is 12.4. The number of anilines is 1. The van der Waals surface area contributed by atoms with Crippen molar-refractivity contribution in [3.63, 3.8) is 0 Å². The van der Waals surface area contributed by atoms with Crippen LogP contribution in [0.5, 0.6) is 0 Å². The number of carbonyl (C=O) groups excluding carboxylic acids is 1. The van der Waals surface area contributed by atoms with Crippen molar-refractivity contribution in [2.24, 2.45) is 0 Å². The van der Waals surface area contributed by atoms with Gasteiger partial charge in [-0.25, -0.2) is 0 Å². The number of nitrogens with one attached hydrogen (secondary N) is 2. The van der Waals surface area contributed by atoms with Crippen LogP contribution in [0.1, 0.15) is 27.3 Å². The predicted octanol–water partition coefficient (Wildman–Crippen LogP) is 5.12. The van der Waals surface area contributed by atoms with Gasteiger partial charge in [0.1, 0.15) is 0 Å². The summed E-state index contributed by atoms with van der Waals surface area (Å²) in [5.74, 6) is -0.0115. The Balaban J connectivity index is 1.32. The van der Waals surface area contributed by atoms with Gasteiger partial charge in [-0.1, -0.05) is 36.4 Å². The van der Waals surface area contributed by atoms with E-state index in [1.165, 1.54) is 5.56 Å². The summed E-state index contributed by atoms with van der Waals surface area (Å²) in [6.45, 7) is 6.50. The fourth-order valence-corrected chi connectivity index (χ4v) is 4.91. The van der Waals surface area contributed by atoms with Crippen LogP contribution in [-0.2, 0) is 22.5 Å². The quantitative estimate of drug-likeness (QED) is 0.392. The van der Waals surface area contributed by atoms with Crippen LogP contribution in [0.4, 0.5) is 5.69 Å². The monoisotopic (exact) mass is 472 g/mol. The van der Waals surface area contributed by atoms with E-state index in [4.69, 9.17) is 4.74 Å². The molecule has 6 nitrogen and oxygen atoms in total. The molecule has 1 aliphatic heterocycles. The normalized spacial score (nSPS) is 14.7. The Morgan fingerprint density at radius 2 is 2.06 bits per heavy atom. The zero-order valence-corrected chi connectivity index (χ0v) is 20.0. The molecule has 2 aromatic heterocycles. The number of thiophene rings is 1. The largest absolute Gasteiger partial charge is 0.379 e. The van der Waals surface area contributed by atoms with E-state index in [-0.39, 0.29) is 5.91 Å². The third kappa shape index (κ3) is 5.44. The molecule has 0 saturated carbocycles. The number of carbonyl (C=O) groups is 1. The lowest BCUT2D eigenvalue weighted by Crippen LogP contribution is -2.35. The Labute approximate surface area is 203 Å². The number of rotatable bonds is 7. The van der Waals surface area contributed by atoms with E-state index in [0.717, 1.165) is 71.1 Å². The number of morpholine rings is 1. The summed E-state index contributed by atoms with van der Waals surface area (Å²) in [6.07, 6.45) is 4.50. The molecule has 0 atom stereocenters. The average Bonchev–Trinajstić information content (AvgIpc) is 3.48. The predicted molar refractivity (Wildman–Crippen MR) is 139 cm³/mol. The number of aromatic nitrogens is 2. The van der Waals surface area contributed by atoms with E-state index < -0.39 is 0 Å². The Morgan fingerprint density at radius 3 is 2.88 bits per heavy atom. The lowest BCUT2D eigenvalue weighted by atomic mass is 10.1. The molecule has 1 fully saturated rings. The maximum Gasteiger partial charge on any atom is 0.229 e. The lowest BCUT2D eigenvalue weighted by molar-refractivity contribution is -0.115. The Hall–Kier alpha value is -3.26. The molecule has 3 heterocycles. The highest BCUT2D eigenvalue weighted by Crippen LogP contribution is 2.26. The maximum absolute atomic E-state index is 12.5. The van der Waals surface area contributed by atoms with Crippen molar-refractivity contribution in [3.8, 4) is 0 Å². The summed E-state index contributed by atoms with van der Waals surface area (Å²) in [5.41, 5.74) is 6.05. The van der Waals surface area contributed by atoms with Gasteiger partial charge in [-0.15, -0.1) is 11.3 Å². The minimum atomic E-state index is -0.0115. The number of hydrogen-bond acceptors (Lipinski definition) is 5. The van der Waals surface area contributed by atoms with Gasteiger partial charge in [-0.3, -0.25) is 14.8 Å². The minimum Gasteiger partial charge on any atom is -0.379 e. The van der Waals surface area contributed by atoms with Crippen LogP contribution in [0.3, 0.4) is 0 Å². The third-order valence-corrected chi connectivity index (χ3v) is 6.90. The van der Waals surface area contributed by atoms with Crippen LogP contribution < -0.4 is 5.32 Å². The van der Waals surface area contributed by atoms with Crippen molar-refractivity contribution in [2.45, 2.75) is 19.9 Å². The SMILES string of the molecule is Cc1cc2[nH]nc(/C=C/c3cccc(CN4CCOCC4)c3)c2cc1NC(=O)Cc1cccs1. The van der Waals surface area contributed by atoms with Gasteiger partial charge >= 0.3 is 0 Å². The molecule has 0 unspecified atom stereocenters. The Kier molecular flexibility index (Phi) is 6.85. The molecular formula is C27H28N4O2S. The molecule has 7 heteroatoms. The van der Waals surface area contributed by atoms with Gasteiger partial charge in [0.2, 0.25) is 5.91 Å². The average molecular weight is 473 g/mol. The molecule has 0 aliphatic carbocycles. The second-order valence-corrected chi connectivity index (χ2v) is 9.63. The van der Waals surface area contributed by atoms with E-state index in [1.54, 1.807) is 11.3 Å². The van der Waals surface area contributed by atoms with Crippen molar-refractivity contribution < 1.29 is 9.53 Å². The van der Waals surface area contributed by atoms with Gasteiger partial charge in [-0.2, -0.15) is 5.10 Å². The van der Waals surface area contributed by atoms with Crippen molar-refractivity contribution in [3.05, 3.63) is 81.2 Å². The number of amides is 1. The van der Waals surface area contributed by atoms with Gasteiger partial charge in [0.15, 0.2) is 0 Å². The molecule has 1 aliphatic rings. The topological polar surface area (TPSA) is 70.2 Å². The molecule has 0 spiro atoms. The number of hydrogen-bond donors (Lipinski definition) is 2. The first-order chi connectivity index (χ1) is 16.6. The summed E-state index contributed by atoms with van der Waals surface area (Å²) in [4.78, 5) is 16.0. The zero-order valence-electron chi connectivity index (χ0n) is 19.2. The van der Waals surface area contributed by atoms with Gasteiger partial charge in [0.25, 0.3) is 0 Å². The molecule has 0 bridgehead atoms. The standard InChI is InChI=1S/C27H28N4O2S/c1-19-14-26-23(17-25(19)28-27(32)16-22-6-3-13-34-22)24(29-30-26)8-7-20-4-2-5-21(15-20)18-31-9-11-33-12-10-31/h2-8,13-15,17H,9-12,16,18H2,1H3,(H,28,32)(H,29,30)/b8-7+. The van der Waals surface area contributed by atoms with E-state index in [9.17, 15) is 4.79 Å². The smallest absolute Gasteiger partial charge is 0.229 e. The molecule has 0 radical (unpaired) electrons. The number of fused-ring (bicyclic) bond motifs is 1.